The molecule has 3 nitrogen and oxygen atoms in total. The molecule has 1 aromatic carbocycles. The van der Waals surface area contributed by atoms with E-state index in [1.807, 2.05) is 19.1 Å². The molecule has 0 bridgehead atoms. The zero-order valence-corrected chi connectivity index (χ0v) is 14.1. The Morgan fingerprint density at radius 3 is 2.39 bits per heavy atom. The van der Waals surface area contributed by atoms with Crippen molar-refractivity contribution in [1.82, 2.24) is 9.38 Å². The third-order valence-electron chi connectivity index (χ3n) is 4.46. The molecule has 0 saturated heterocycles. The van der Waals surface area contributed by atoms with Crippen molar-refractivity contribution in [1.29, 1.82) is 0 Å². The lowest BCUT2D eigenvalue weighted by Crippen LogP contribution is -2.06. The van der Waals surface area contributed by atoms with Crippen LogP contribution in [0.4, 0.5) is 0 Å². The Kier molecular flexibility index (Phi) is 4.49. The lowest BCUT2D eigenvalue weighted by Gasteiger charge is -2.12. The Hall–Kier alpha value is -2.13. The van der Waals surface area contributed by atoms with Crippen LogP contribution in [0.1, 0.15) is 54.6 Å². The van der Waals surface area contributed by atoms with Gasteiger partial charge in [0.2, 0.25) is 0 Å². The lowest BCUT2D eigenvalue weighted by atomic mass is 10.0. The first kappa shape index (κ1) is 15.8. The minimum absolute atomic E-state index is 0.490. The average molecular weight is 308 g/mol. The summed E-state index contributed by atoms with van der Waals surface area (Å²) in [7, 11) is 0. The van der Waals surface area contributed by atoms with Crippen molar-refractivity contribution in [3.63, 3.8) is 0 Å². The van der Waals surface area contributed by atoms with Gasteiger partial charge >= 0.3 is 0 Å². The van der Waals surface area contributed by atoms with Crippen LogP contribution >= 0.6 is 0 Å². The molecule has 2 aromatic heterocycles. The predicted octanol–water partition coefficient (Wildman–Crippen LogP) is 4.24. The number of aliphatic hydroxyl groups is 1. The number of nitrogens with zero attached hydrogens (tertiary/aromatic N) is 2. The maximum atomic E-state index is 10.5. The summed E-state index contributed by atoms with van der Waals surface area (Å²) in [6.07, 6.45) is 1.99. The van der Waals surface area contributed by atoms with E-state index in [1.54, 1.807) is 0 Å². The number of aryl methyl sites for hydroxylation is 2. The first-order chi connectivity index (χ1) is 11.1. The molecule has 3 heteroatoms. The van der Waals surface area contributed by atoms with E-state index in [2.05, 4.69) is 48.6 Å². The van der Waals surface area contributed by atoms with E-state index in [9.17, 15) is 5.11 Å². The number of rotatable bonds is 5. The average Bonchev–Trinajstić information content (AvgIpc) is 2.94. The Morgan fingerprint density at radius 2 is 1.74 bits per heavy atom. The summed E-state index contributed by atoms with van der Waals surface area (Å²) in [4.78, 5) is 4.78. The molecule has 0 radical (unpaired) electrons. The number of hydrogen-bond donors (Lipinski definition) is 1. The van der Waals surface area contributed by atoms with Crippen molar-refractivity contribution < 1.29 is 5.11 Å². The van der Waals surface area contributed by atoms with Crippen LogP contribution in [-0.4, -0.2) is 14.5 Å². The molecule has 1 N–H and O–H groups in total. The van der Waals surface area contributed by atoms with E-state index in [1.165, 1.54) is 11.1 Å². The van der Waals surface area contributed by atoms with Crippen LogP contribution in [0.3, 0.4) is 0 Å². The van der Waals surface area contributed by atoms with Gasteiger partial charge < -0.3 is 5.11 Å². The quantitative estimate of drug-likeness (QED) is 0.765. The van der Waals surface area contributed by atoms with Crippen LogP contribution in [-0.2, 0) is 12.8 Å². The molecule has 23 heavy (non-hydrogen) atoms. The monoisotopic (exact) mass is 308 g/mol. The Morgan fingerprint density at radius 1 is 1.04 bits per heavy atom. The maximum absolute atomic E-state index is 10.5. The van der Waals surface area contributed by atoms with Gasteiger partial charge in [-0.1, -0.05) is 44.2 Å². The third-order valence-corrected chi connectivity index (χ3v) is 4.46. The smallest absolute Gasteiger partial charge is 0.137 e. The minimum atomic E-state index is -0.490. The van der Waals surface area contributed by atoms with Crippen LogP contribution in [0.25, 0.3) is 5.65 Å². The number of fused-ring (bicyclic) bond motifs is 1. The summed E-state index contributed by atoms with van der Waals surface area (Å²) in [5.41, 5.74) is 6.48. The van der Waals surface area contributed by atoms with Crippen molar-refractivity contribution in [2.24, 2.45) is 0 Å². The second-order valence-electron chi connectivity index (χ2n) is 6.08. The molecule has 120 valence electrons. The van der Waals surface area contributed by atoms with Crippen LogP contribution in [0.2, 0.25) is 0 Å². The number of benzene rings is 1. The Bertz CT molecular complexity index is 802. The Balaban J connectivity index is 2.06. The van der Waals surface area contributed by atoms with E-state index in [0.717, 1.165) is 35.6 Å². The molecular weight excluding hydrogens is 284 g/mol. The van der Waals surface area contributed by atoms with Gasteiger partial charge in [-0.05, 0) is 43.0 Å². The summed E-state index contributed by atoms with van der Waals surface area (Å²) in [6, 6.07) is 14.7. The van der Waals surface area contributed by atoms with E-state index in [4.69, 9.17) is 4.98 Å². The molecule has 0 aliphatic carbocycles. The lowest BCUT2D eigenvalue weighted by molar-refractivity contribution is 0.166. The molecule has 0 spiro atoms. The van der Waals surface area contributed by atoms with E-state index in [-0.39, 0.29) is 0 Å². The van der Waals surface area contributed by atoms with Gasteiger partial charge in [0.05, 0.1) is 17.5 Å². The summed E-state index contributed by atoms with van der Waals surface area (Å²) in [5, 5.41) is 10.5. The summed E-state index contributed by atoms with van der Waals surface area (Å²) in [5.74, 6) is 0. The molecule has 0 fully saturated rings. The second-order valence-corrected chi connectivity index (χ2v) is 6.08. The SMILES string of the molecule is CCc1ccc(Cc2nc3cccc(C)n3c2C(O)CC)cc1. The molecule has 3 aromatic rings. The maximum Gasteiger partial charge on any atom is 0.137 e. The van der Waals surface area contributed by atoms with Crippen molar-refractivity contribution in [3.05, 3.63) is 70.7 Å². The third kappa shape index (κ3) is 3.02. The summed E-state index contributed by atoms with van der Waals surface area (Å²) >= 11 is 0. The van der Waals surface area contributed by atoms with E-state index in [0.29, 0.717) is 6.42 Å². The fraction of sp³-hybridized carbons (Fsp3) is 0.350. The van der Waals surface area contributed by atoms with E-state index >= 15 is 0 Å². The van der Waals surface area contributed by atoms with Crippen LogP contribution in [0.15, 0.2) is 42.5 Å². The van der Waals surface area contributed by atoms with Gasteiger partial charge in [0, 0.05) is 12.1 Å². The highest BCUT2D eigenvalue weighted by Crippen LogP contribution is 2.26. The fourth-order valence-corrected chi connectivity index (χ4v) is 3.08. The first-order valence-corrected chi connectivity index (χ1v) is 8.36. The van der Waals surface area contributed by atoms with Gasteiger partial charge in [-0.15, -0.1) is 0 Å². The van der Waals surface area contributed by atoms with E-state index < -0.39 is 6.10 Å². The number of pyridine rings is 1. The molecule has 1 unspecified atom stereocenters. The first-order valence-electron chi connectivity index (χ1n) is 8.36. The molecule has 2 heterocycles. The molecule has 1 atom stereocenters. The minimum Gasteiger partial charge on any atom is -0.387 e. The van der Waals surface area contributed by atoms with Crippen molar-refractivity contribution in [2.75, 3.05) is 0 Å². The van der Waals surface area contributed by atoms with Crippen molar-refractivity contribution in [3.8, 4) is 0 Å². The molecular formula is C20H24N2O. The number of hydrogen-bond acceptors (Lipinski definition) is 2. The van der Waals surface area contributed by atoms with Crippen molar-refractivity contribution >= 4 is 5.65 Å². The van der Waals surface area contributed by atoms with Gasteiger partial charge in [-0.2, -0.15) is 0 Å². The molecule has 0 amide bonds. The standard InChI is InChI=1S/C20H24N2O/c1-4-15-9-11-16(12-10-15)13-17-20(18(23)5-2)22-14(3)7-6-8-19(22)21-17/h6-12,18,23H,4-5,13H2,1-3H3. The zero-order valence-electron chi connectivity index (χ0n) is 14.1. The number of aromatic nitrogens is 2. The number of imidazole rings is 1. The van der Waals surface area contributed by atoms with Gasteiger partial charge in [-0.25, -0.2) is 4.98 Å². The van der Waals surface area contributed by atoms with Gasteiger partial charge in [-0.3, -0.25) is 4.40 Å². The Labute approximate surface area is 137 Å². The molecule has 0 saturated carbocycles. The number of aliphatic hydroxyl groups excluding tert-OH is 1. The highest BCUT2D eigenvalue weighted by atomic mass is 16.3. The van der Waals surface area contributed by atoms with Gasteiger partial charge in [0.15, 0.2) is 0 Å². The highest BCUT2D eigenvalue weighted by molar-refractivity contribution is 5.47. The van der Waals surface area contributed by atoms with Crippen molar-refractivity contribution in [2.45, 2.75) is 46.1 Å². The van der Waals surface area contributed by atoms with Crippen LogP contribution in [0, 0.1) is 6.92 Å². The topological polar surface area (TPSA) is 37.5 Å². The van der Waals surface area contributed by atoms with Crippen LogP contribution in [0.5, 0.6) is 0 Å². The molecule has 0 aliphatic rings. The summed E-state index contributed by atoms with van der Waals surface area (Å²) in [6.45, 7) is 6.22. The second kappa shape index (κ2) is 6.55. The fourth-order valence-electron chi connectivity index (χ4n) is 3.08. The molecule has 0 aliphatic heterocycles. The highest BCUT2D eigenvalue weighted by Gasteiger charge is 2.19. The normalized spacial score (nSPS) is 12.7. The van der Waals surface area contributed by atoms with Gasteiger partial charge in [0.1, 0.15) is 5.65 Å². The molecule has 3 rings (SSSR count). The van der Waals surface area contributed by atoms with Crippen LogP contribution < -0.4 is 0 Å². The largest absolute Gasteiger partial charge is 0.387 e. The predicted molar refractivity (Wildman–Crippen MR) is 93.8 cm³/mol. The summed E-state index contributed by atoms with van der Waals surface area (Å²) < 4.78 is 2.09. The zero-order chi connectivity index (χ0) is 16.4. The van der Waals surface area contributed by atoms with Gasteiger partial charge in [0.25, 0.3) is 0 Å².